The van der Waals surface area contributed by atoms with Crippen LogP contribution in [0.3, 0.4) is 0 Å². The molecule has 49 heavy (non-hydrogen) atoms. The molecule has 0 aliphatic carbocycles. The Morgan fingerprint density at radius 2 is 1.08 bits per heavy atom. The number of anilines is 3. The molecule has 2 heterocycles. The van der Waals surface area contributed by atoms with Gasteiger partial charge in [-0.25, -0.2) is 0 Å². The molecule has 10 rings (SSSR count). The summed E-state index contributed by atoms with van der Waals surface area (Å²) in [6.07, 6.45) is 0. The van der Waals surface area contributed by atoms with Crippen LogP contribution in [0.5, 0.6) is 0 Å². The fraction of sp³-hybridized carbons (Fsp3) is 0. The maximum atomic E-state index is 2.40. The minimum absolute atomic E-state index is 1.12. The Hall–Kier alpha value is -6.16. The average molecular weight is 643 g/mol. The molecule has 0 unspecified atom stereocenters. The minimum atomic E-state index is 1.12. The highest BCUT2D eigenvalue weighted by molar-refractivity contribution is 7.25. The number of aromatic nitrogens is 1. The van der Waals surface area contributed by atoms with E-state index in [0.717, 1.165) is 22.7 Å². The Kier molecular flexibility index (Phi) is 6.39. The van der Waals surface area contributed by atoms with Crippen LogP contribution in [0.2, 0.25) is 0 Å². The van der Waals surface area contributed by atoms with Gasteiger partial charge in [-0.2, -0.15) is 0 Å². The van der Waals surface area contributed by atoms with Crippen molar-refractivity contribution in [3.63, 3.8) is 0 Å². The summed E-state index contributed by atoms with van der Waals surface area (Å²) in [4.78, 5) is 2.40. The van der Waals surface area contributed by atoms with Gasteiger partial charge in [-0.3, -0.25) is 0 Å². The first-order chi connectivity index (χ1) is 24.3. The van der Waals surface area contributed by atoms with E-state index in [1.807, 2.05) is 11.3 Å². The van der Waals surface area contributed by atoms with E-state index in [1.165, 1.54) is 63.9 Å². The third kappa shape index (κ3) is 4.55. The average Bonchev–Trinajstić information content (AvgIpc) is 3.70. The fourth-order valence-electron chi connectivity index (χ4n) is 7.50. The van der Waals surface area contributed by atoms with E-state index in [0.29, 0.717) is 0 Å². The van der Waals surface area contributed by atoms with Crippen LogP contribution in [0.1, 0.15) is 0 Å². The standard InChI is InChI=1S/C46H30N2S/c1-3-12-35(13-4-1)47(42-19-11-20-43-46(42)39-17-7-9-18-41(39)48(43)36-14-5-2-6-15-36)37-26-24-31(25-27-37)32-22-23-33-30-45-40(29-34(33)28-32)38-16-8-10-21-44(38)49-45/h1-30H. The summed E-state index contributed by atoms with van der Waals surface area (Å²) < 4.78 is 5.06. The monoisotopic (exact) mass is 642 g/mol. The van der Waals surface area contributed by atoms with E-state index in [2.05, 4.69) is 191 Å². The zero-order valence-electron chi connectivity index (χ0n) is 26.6. The van der Waals surface area contributed by atoms with E-state index >= 15 is 0 Å². The van der Waals surface area contributed by atoms with Gasteiger partial charge in [-0.15, -0.1) is 11.3 Å². The van der Waals surface area contributed by atoms with Crippen molar-refractivity contribution in [2.45, 2.75) is 0 Å². The van der Waals surface area contributed by atoms with Gasteiger partial charge in [-0.05, 0) is 101 Å². The summed E-state index contributed by atoms with van der Waals surface area (Å²) in [7, 11) is 0. The van der Waals surface area contributed by atoms with Crippen LogP contribution in [0, 0.1) is 0 Å². The second-order valence-corrected chi connectivity index (χ2v) is 13.7. The van der Waals surface area contributed by atoms with Crippen LogP contribution in [0.15, 0.2) is 182 Å². The molecule has 0 spiro atoms. The highest BCUT2D eigenvalue weighted by atomic mass is 32.1. The smallest absolute Gasteiger partial charge is 0.0562 e. The lowest BCUT2D eigenvalue weighted by Gasteiger charge is -2.26. The van der Waals surface area contributed by atoms with Gasteiger partial charge in [0.1, 0.15) is 0 Å². The Labute approximate surface area is 288 Å². The van der Waals surface area contributed by atoms with Crippen molar-refractivity contribution in [2.24, 2.45) is 0 Å². The van der Waals surface area contributed by atoms with Crippen molar-refractivity contribution < 1.29 is 0 Å². The molecule has 0 atom stereocenters. The van der Waals surface area contributed by atoms with Gasteiger partial charge in [0.05, 0.1) is 16.7 Å². The first-order valence-corrected chi connectivity index (χ1v) is 17.5. The number of rotatable bonds is 5. The molecular weight excluding hydrogens is 613 g/mol. The number of para-hydroxylation sites is 3. The molecule has 8 aromatic carbocycles. The molecule has 0 amide bonds. The van der Waals surface area contributed by atoms with Gasteiger partial charge >= 0.3 is 0 Å². The van der Waals surface area contributed by atoms with Crippen molar-refractivity contribution >= 4 is 81.1 Å². The Morgan fingerprint density at radius 3 is 1.92 bits per heavy atom. The topological polar surface area (TPSA) is 8.17 Å². The number of benzene rings is 8. The van der Waals surface area contributed by atoms with Crippen LogP contribution in [0.25, 0.3) is 69.6 Å². The van der Waals surface area contributed by atoms with E-state index < -0.39 is 0 Å². The first kappa shape index (κ1) is 27.9. The summed E-state index contributed by atoms with van der Waals surface area (Å²) in [6, 6.07) is 66.1. The summed E-state index contributed by atoms with van der Waals surface area (Å²) >= 11 is 1.87. The fourth-order valence-corrected chi connectivity index (χ4v) is 8.63. The summed E-state index contributed by atoms with van der Waals surface area (Å²) in [6.45, 7) is 0. The SMILES string of the molecule is c1ccc(N(c2ccc(-c3ccc4cc5sc6ccccc6c5cc4c3)cc2)c2cccc3c2c2ccccc2n3-c2ccccc2)cc1. The van der Waals surface area contributed by atoms with Crippen LogP contribution >= 0.6 is 11.3 Å². The predicted octanol–water partition coefficient (Wildman–Crippen LogP) is 13.4. The van der Waals surface area contributed by atoms with E-state index in [9.17, 15) is 0 Å². The Balaban J connectivity index is 1.12. The predicted molar refractivity (Wildman–Crippen MR) is 211 cm³/mol. The Morgan fingerprint density at radius 1 is 0.408 bits per heavy atom. The zero-order chi connectivity index (χ0) is 32.3. The molecule has 0 saturated heterocycles. The number of fused-ring (bicyclic) bond motifs is 7. The lowest BCUT2D eigenvalue weighted by molar-refractivity contribution is 1.18. The van der Waals surface area contributed by atoms with Gasteiger partial charge in [0.15, 0.2) is 0 Å². The maximum absolute atomic E-state index is 2.40. The molecule has 2 nitrogen and oxygen atoms in total. The molecule has 0 aliphatic rings. The molecule has 0 fully saturated rings. The molecule has 0 N–H and O–H groups in total. The Bertz CT molecular complexity index is 2810. The molecule has 3 heteroatoms. The van der Waals surface area contributed by atoms with Crippen LogP contribution in [-0.4, -0.2) is 4.57 Å². The minimum Gasteiger partial charge on any atom is -0.310 e. The van der Waals surface area contributed by atoms with Gasteiger partial charge in [0, 0.05) is 48.0 Å². The van der Waals surface area contributed by atoms with Gasteiger partial charge < -0.3 is 9.47 Å². The molecular formula is C46H30N2S. The van der Waals surface area contributed by atoms with Crippen molar-refractivity contribution in [2.75, 3.05) is 4.90 Å². The van der Waals surface area contributed by atoms with E-state index in [-0.39, 0.29) is 0 Å². The normalized spacial score (nSPS) is 11.7. The summed E-state index contributed by atoms with van der Waals surface area (Å²) in [5.74, 6) is 0. The molecule has 0 saturated carbocycles. The molecule has 2 aromatic heterocycles. The molecule has 0 aliphatic heterocycles. The largest absolute Gasteiger partial charge is 0.310 e. The third-order valence-corrected chi connectivity index (χ3v) is 10.9. The summed E-state index contributed by atoms with van der Waals surface area (Å²) in [5, 5.41) is 7.68. The number of nitrogens with zero attached hydrogens (tertiary/aromatic N) is 2. The lowest BCUT2D eigenvalue weighted by Crippen LogP contribution is -2.10. The second kappa shape index (κ2) is 11.2. The van der Waals surface area contributed by atoms with Crippen molar-refractivity contribution in [3.8, 4) is 16.8 Å². The van der Waals surface area contributed by atoms with Crippen molar-refractivity contribution in [1.82, 2.24) is 4.57 Å². The molecule has 0 radical (unpaired) electrons. The summed E-state index contributed by atoms with van der Waals surface area (Å²) in [5.41, 5.74) is 9.35. The lowest BCUT2D eigenvalue weighted by atomic mass is 9.99. The molecule has 10 aromatic rings. The van der Waals surface area contributed by atoms with Gasteiger partial charge in [-0.1, -0.05) is 103 Å². The van der Waals surface area contributed by atoms with Gasteiger partial charge in [0.2, 0.25) is 0 Å². The van der Waals surface area contributed by atoms with Crippen LogP contribution in [-0.2, 0) is 0 Å². The second-order valence-electron chi connectivity index (χ2n) is 12.6. The van der Waals surface area contributed by atoms with Crippen molar-refractivity contribution in [1.29, 1.82) is 0 Å². The third-order valence-electron chi connectivity index (χ3n) is 9.74. The number of hydrogen-bond acceptors (Lipinski definition) is 2. The maximum Gasteiger partial charge on any atom is 0.0562 e. The zero-order valence-corrected chi connectivity index (χ0v) is 27.4. The first-order valence-electron chi connectivity index (χ1n) is 16.7. The van der Waals surface area contributed by atoms with E-state index in [1.54, 1.807) is 0 Å². The van der Waals surface area contributed by atoms with Crippen LogP contribution in [0.4, 0.5) is 17.1 Å². The van der Waals surface area contributed by atoms with Crippen LogP contribution < -0.4 is 4.90 Å². The quantitative estimate of drug-likeness (QED) is 0.181. The highest BCUT2D eigenvalue weighted by Crippen LogP contribution is 2.44. The van der Waals surface area contributed by atoms with E-state index in [4.69, 9.17) is 0 Å². The number of hydrogen-bond donors (Lipinski definition) is 0. The van der Waals surface area contributed by atoms with Gasteiger partial charge in [0.25, 0.3) is 0 Å². The highest BCUT2D eigenvalue weighted by Gasteiger charge is 2.21. The number of thiophene rings is 1. The molecule has 0 bridgehead atoms. The molecule has 230 valence electrons. The van der Waals surface area contributed by atoms with Crippen molar-refractivity contribution in [3.05, 3.63) is 182 Å².